The normalized spacial score (nSPS) is 16.1. The zero-order valence-corrected chi connectivity index (χ0v) is 15.7. The molecule has 1 heterocycles. The zero-order chi connectivity index (χ0) is 20.2. The second-order valence-corrected chi connectivity index (χ2v) is 6.92. The first-order valence-corrected chi connectivity index (χ1v) is 9.41. The number of rotatable bonds is 5. The van der Waals surface area contributed by atoms with Crippen LogP contribution in [0.15, 0.2) is 72.8 Å². The highest BCUT2D eigenvalue weighted by atomic mass is 16.5. The van der Waals surface area contributed by atoms with Crippen LogP contribution in [-0.2, 0) is 19.1 Å². The van der Waals surface area contributed by atoms with E-state index in [9.17, 15) is 14.4 Å². The van der Waals surface area contributed by atoms with Crippen molar-refractivity contribution in [3.8, 4) is 0 Å². The van der Waals surface area contributed by atoms with E-state index in [1.54, 1.807) is 11.0 Å². The standard InChI is InChI=1S/C23H20N2O4/c26-21(24-20-12-6-8-16-7-4-5-11-19(16)20)15-29-23(28)17-13-22(27)25(14-17)18-9-2-1-3-10-18/h1-12,17H,13-15H2,(H,24,26)/t17-/m1/s1. The maximum absolute atomic E-state index is 12.4. The van der Waals surface area contributed by atoms with Crippen molar-refractivity contribution in [1.82, 2.24) is 0 Å². The number of amides is 2. The van der Waals surface area contributed by atoms with Crippen molar-refractivity contribution in [2.45, 2.75) is 6.42 Å². The van der Waals surface area contributed by atoms with Crippen molar-refractivity contribution >= 4 is 39.9 Å². The van der Waals surface area contributed by atoms with E-state index in [4.69, 9.17) is 4.74 Å². The van der Waals surface area contributed by atoms with Crippen LogP contribution >= 0.6 is 0 Å². The molecule has 0 aromatic heterocycles. The van der Waals surface area contributed by atoms with Gasteiger partial charge in [-0.1, -0.05) is 54.6 Å². The van der Waals surface area contributed by atoms with Gasteiger partial charge in [0.1, 0.15) is 0 Å². The van der Waals surface area contributed by atoms with Gasteiger partial charge in [0.2, 0.25) is 5.91 Å². The van der Waals surface area contributed by atoms with Gasteiger partial charge in [-0.2, -0.15) is 0 Å². The molecule has 1 atom stereocenters. The predicted molar refractivity (Wildman–Crippen MR) is 110 cm³/mol. The second-order valence-electron chi connectivity index (χ2n) is 6.92. The summed E-state index contributed by atoms with van der Waals surface area (Å²) in [6.07, 6.45) is 0.0820. The third-order valence-corrected chi connectivity index (χ3v) is 4.94. The molecule has 0 unspecified atom stereocenters. The van der Waals surface area contributed by atoms with Crippen LogP contribution in [0, 0.1) is 5.92 Å². The molecule has 0 bridgehead atoms. The smallest absolute Gasteiger partial charge is 0.311 e. The van der Waals surface area contributed by atoms with Gasteiger partial charge in [-0.05, 0) is 23.6 Å². The third-order valence-electron chi connectivity index (χ3n) is 4.94. The Kier molecular flexibility index (Phi) is 5.24. The van der Waals surface area contributed by atoms with Crippen LogP contribution in [0.4, 0.5) is 11.4 Å². The van der Waals surface area contributed by atoms with Crippen LogP contribution in [0.5, 0.6) is 0 Å². The van der Waals surface area contributed by atoms with Gasteiger partial charge in [0.05, 0.1) is 5.92 Å². The Morgan fingerprint density at radius 2 is 1.69 bits per heavy atom. The van der Waals surface area contributed by atoms with Gasteiger partial charge in [0, 0.05) is 29.7 Å². The highest BCUT2D eigenvalue weighted by molar-refractivity contribution is 6.03. The highest BCUT2D eigenvalue weighted by Crippen LogP contribution is 2.26. The van der Waals surface area contributed by atoms with Crippen LogP contribution in [-0.4, -0.2) is 30.9 Å². The molecule has 146 valence electrons. The van der Waals surface area contributed by atoms with Crippen molar-refractivity contribution in [3.63, 3.8) is 0 Å². The SMILES string of the molecule is O=C(COC(=O)[C@@H]1CC(=O)N(c2ccccc2)C1)Nc1cccc2ccccc12. The zero-order valence-electron chi connectivity index (χ0n) is 15.7. The minimum absolute atomic E-state index is 0.0820. The molecule has 2 amide bonds. The van der Waals surface area contributed by atoms with Crippen LogP contribution in [0.1, 0.15) is 6.42 Å². The summed E-state index contributed by atoms with van der Waals surface area (Å²) in [7, 11) is 0. The van der Waals surface area contributed by atoms with E-state index in [0.29, 0.717) is 5.69 Å². The number of carbonyl (C=O) groups excluding carboxylic acids is 3. The summed E-state index contributed by atoms with van der Waals surface area (Å²) in [6.45, 7) is -0.134. The van der Waals surface area contributed by atoms with E-state index in [2.05, 4.69) is 5.32 Å². The van der Waals surface area contributed by atoms with Crippen LogP contribution < -0.4 is 10.2 Å². The fourth-order valence-corrected chi connectivity index (χ4v) is 3.50. The number of fused-ring (bicyclic) bond motifs is 1. The number of nitrogens with zero attached hydrogens (tertiary/aromatic N) is 1. The lowest BCUT2D eigenvalue weighted by atomic mass is 10.1. The molecule has 3 aromatic rings. The molecule has 0 spiro atoms. The second kappa shape index (κ2) is 8.14. The van der Waals surface area contributed by atoms with Gasteiger partial charge in [-0.25, -0.2) is 0 Å². The van der Waals surface area contributed by atoms with E-state index in [-0.39, 0.29) is 18.9 Å². The molecular weight excluding hydrogens is 368 g/mol. The summed E-state index contributed by atoms with van der Waals surface area (Å²) >= 11 is 0. The van der Waals surface area contributed by atoms with Crippen molar-refractivity contribution in [1.29, 1.82) is 0 Å². The summed E-state index contributed by atoms with van der Waals surface area (Å²) in [5, 5.41) is 4.70. The molecule has 0 aliphatic carbocycles. The maximum atomic E-state index is 12.4. The molecule has 1 N–H and O–H groups in total. The number of benzene rings is 3. The largest absolute Gasteiger partial charge is 0.455 e. The van der Waals surface area contributed by atoms with Crippen molar-refractivity contribution in [3.05, 3.63) is 72.8 Å². The molecule has 1 fully saturated rings. The Labute approximate surface area is 168 Å². The van der Waals surface area contributed by atoms with Crippen molar-refractivity contribution in [2.75, 3.05) is 23.4 Å². The topological polar surface area (TPSA) is 75.7 Å². The average molecular weight is 388 g/mol. The molecule has 3 aromatic carbocycles. The lowest BCUT2D eigenvalue weighted by Crippen LogP contribution is -2.28. The van der Waals surface area contributed by atoms with Gasteiger partial charge in [0.25, 0.3) is 5.91 Å². The lowest BCUT2D eigenvalue weighted by molar-refractivity contribution is -0.151. The van der Waals surface area contributed by atoms with Gasteiger partial charge < -0.3 is 15.0 Å². The third kappa shape index (κ3) is 4.11. The molecule has 6 nitrogen and oxygen atoms in total. The molecule has 6 heteroatoms. The molecule has 4 rings (SSSR count). The quantitative estimate of drug-likeness (QED) is 0.680. The first-order chi connectivity index (χ1) is 14.1. The van der Waals surface area contributed by atoms with Crippen LogP contribution in [0.2, 0.25) is 0 Å². The van der Waals surface area contributed by atoms with Crippen molar-refractivity contribution < 1.29 is 19.1 Å². The predicted octanol–water partition coefficient (Wildman–Crippen LogP) is 3.37. The molecular formula is C23H20N2O4. The van der Waals surface area contributed by atoms with Gasteiger partial charge >= 0.3 is 5.97 Å². The minimum Gasteiger partial charge on any atom is -0.455 e. The number of hydrogen-bond donors (Lipinski definition) is 1. The first kappa shape index (κ1) is 18.7. The molecule has 29 heavy (non-hydrogen) atoms. The number of anilines is 2. The highest BCUT2D eigenvalue weighted by Gasteiger charge is 2.36. The fraction of sp³-hybridized carbons (Fsp3) is 0.174. The van der Waals surface area contributed by atoms with Gasteiger partial charge in [-0.15, -0.1) is 0 Å². The Morgan fingerprint density at radius 1 is 0.966 bits per heavy atom. The van der Waals surface area contributed by atoms with E-state index in [1.165, 1.54) is 0 Å². The summed E-state index contributed by atoms with van der Waals surface area (Å²) in [5.74, 6) is -1.66. The Hall–Kier alpha value is -3.67. The van der Waals surface area contributed by atoms with E-state index in [0.717, 1.165) is 16.5 Å². The molecule has 1 saturated heterocycles. The summed E-state index contributed by atoms with van der Waals surface area (Å²) < 4.78 is 5.17. The minimum atomic E-state index is -0.576. The molecule has 1 aliphatic rings. The number of hydrogen-bond acceptors (Lipinski definition) is 4. The monoisotopic (exact) mass is 388 g/mol. The number of nitrogens with one attached hydrogen (secondary N) is 1. The van der Waals surface area contributed by atoms with Crippen molar-refractivity contribution in [2.24, 2.45) is 5.92 Å². The molecule has 0 saturated carbocycles. The summed E-state index contributed by atoms with van der Waals surface area (Å²) in [4.78, 5) is 38.4. The van der Waals surface area contributed by atoms with Gasteiger partial charge in [0.15, 0.2) is 6.61 Å². The number of ether oxygens (including phenoxy) is 1. The molecule has 1 aliphatic heterocycles. The van der Waals surface area contributed by atoms with E-state index in [1.807, 2.05) is 66.7 Å². The maximum Gasteiger partial charge on any atom is 0.311 e. The van der Waals surface area contributed by atoms with Crippen LogP contribution in [0.25, 0.3) is 10.8 Å². The van der Waals surface area contributed by atoms with E-state index < -0.39 is 24.4 Å². The van der Waals surface area contributed by atoms with Crippen LogP contribution in [0.3, 0.4) is 0 Å². The number of esters is 1. The molecule has 0 radical (unpaired) electrons. The number of para-hydroxylation sites is 1. The van der Waals surface area contributed by atoms with E-state index >= 15 is 0 Å². The number of carbonyl (C=O) groups is 3. The average Bonchev–Trinajstić information content (AvgIpc) is 3.15. The van der Waals surface area contributed by atoms with Gasteiger partial charge in [-0.3, -0.25) is 14.4 Å². The first-order valence-electron chi connectivity index (χ1n) is 9.41. The Balaban J connectivity index is 1.34. The Bertz CT molecular complexity index is 1060. The summed E-state index contributed by atoms with van der Waals surface area (Å²) in [6, 6.07) is 22.5. The summed E-state index contributed by atoms with van der Waals surface area (Å²) in [5.41, 5.74) is 1.41. The fourth-order valence-electron chi connectivity index (χ4n) is 3.50. The Morgan fingerprint density at radius 3 is 2.52 bits per heavy atom. The lowest BCUT2D eigenvalue weighted by Gasteiger charge is -2.16.